The van der Waals surface area contributed by atoms with E-state index in [1.807, 2.05) is 19.1 Å². The molecule has 0 amide bonds. The summed E-state index contributed by atoms with van der Waals surface area (Å²) in [5.41, 5.74) is 0. The fraction of sp³-hybridized carbons (Fsp3) is 0.750. The molecular formula is C12H22O3. The zero-order valence-corrected chi connectivity index (χ0v) is 9.74. The Kier molecular flexibility index (Phi) is 9.18. The van der Waals surface area contributed by atoms with Crippen molar-refractivity contribution in [1.29, 1.82) is 0 Å². The van der Waals surface area contributed by atoms with Gasteiger partial charge in [0.05, 0.1) is 0 Å². The van der Waals surface area contributed by atoms with Crippen molar-refractivity contribution in [1.82, 2.24) is 0 Å². The molecule has 0 aromatic heterocycles. The Morgan fingerprint density at radius 1 is 1.33 bits per heavy atom. The maximum atomic E-state index is 11.2. The van der Waals surface area contributed by atoms with E-state index in [4.69, 9.17) is 4.74 Å². The number of carbonyl (C=O) groups excluding carboxylic acids is 1. The first-order valence-electron chi connectivity index (χ1n) is 5.73. The Morgan fingerprint density at radius 2 is 2.07 bits per heavy atom. The van der Waals surface area contributed by atoms with Crippen molar-refractivity contribution in [3.63, 3.8) is 0 Å². The molecule has 0 rings (SSSR count). The highest BCUT2D eigenvalue weighted by molar-refractivity contribution is 5.69. The van der Waals surface area contributed by atoms with E-state index in [0.29, 0.717) is 12.8 Å². The third-order valence-corrected chi connectivity index (χ3v) is 1.99. The molecule has 0 radical (unpaired) electrons. The van der Waals surface area contributed by atoms with Crippen LogP contribution in [0.5, 0.6) is 0 Å². The van der Waals surface area contributed by atoms with Crippen LogP contribution in [0, 0.1) is 0 Å². The number of hydrogen-bond acceptors (Lipinski definition) is 3. The molecule has 0 fully saturated rings. The number of rotatable bonds is 8. The van der Waals surface area contributed by atoms with Crippen LogP contribution in [-0.2, 0) is 9.53 Å². The summed E-state index contributed by atoms with van der Waals surface area (Å²) >= 11 is 0. The summed E-state index contributed by atoms with van der Waals surface area (Å²) in [5, 5.41) is 9.31. The third kappa shape index (κ3) is 9.47. The monoisotopic (exact) mass is 214 g/mol. The normalized spacial score (nSPS) is 13.0. The first kappa shape index (κ1) is 14.2. The summed E-state index contributed by atoms with van der Waals surface area (Å²) in [4.78, 5) is 11.2. The van der Waals surface area contributed by atoms with E-state index in [1.165, 1.54) is 0 Å². The second-order valence-electron chi connectivity index (χ2n) is 3.52. The van der Waals surface area contributed by atoms with Gasteiger partial charge < -0.3 is 9.84 Å². The predicted molar refractivity (Wildman–Crippen MR) is 60.3 cm³/mol. The van der Waals surface area contributed by atoms with Crippen LogP contribution >= 0.6 is 0 Å². The predicted octanol–water partition coefficient (Wildman–Crippen LogP) is 2.78. The minimum atomic E-state index is -0.984. The summed E-state index contributed by atoms with van der Waals surface area (Å²) in [6.07, 6.45) is 7.44. The number of ether oxygens (including phenoxy) is 1. The Labute approximate surface area is 92.1 Å². The lowest BCUT2D eigenvalue weighted by molar-refractivity contribution is -0.167. The Bertz CT molecular complexity index is 187. The molecule has 0 aromatic rings. The Morgan fingerprint density at radius 3 is 2.67 bits per heavy atom. The highest BCUT2D eigenvalue weighted by Crippen LogP contribution is 2.04. The van der Waals surface area contributed by atoms with Gasteiger partial charge in [0, 0.05) is 12.8 Å². The van der Waals surface area contributed by atoms with Crippen LogP contribution < -0.4 is 0 Å². The number of aliphatic hydroxyl groups excluding tert-OH is 1. The van der Waals surface area contributed by atoms with Gasteiger partial charge in [-0.1, -0.05) is 38.8 Å². The molecule has 0 aliphatic carbocycles. The molecule has 0 spiro atoms. The molecule has 1 unspecified atom stereocenters. The van der Waals surface area contributed by atoms with Gasteiger partial charge in [-0.05, 0) is 12.8 Å². The van der Waals surface area contributed by atoms with Crippen molar-refractivity contribution in [2.45, 2.75) is 58.7 Å². The SMILES string of the molecule is CC/C=C\CC(O)OC(=O)CCCCC. The van der Waals surface area contributed by atoms with Crippen LogP contribution in [0.2, 0.25) is 0 Å². The fourth-order valence-electron chi connectivity index (χ4n) is 1.16. The van der Waals surface area contributed by atoms with Gasteiger partial charge in [0.2, 0.25) is 6.29 Å². The van der Waals surface area contributed by atoms with Gasteiger partial charge in [0.25, 0.3) is 0 Å². The first-order valence-corrected chi connectivity index (χ1v) is 5.73. The zero-order valence-electron chi connectivity index (χ0n) is 9.74. The smallest absolute Gasteiger partial charge is 0.308 e. The van der Waals surface area contributed by atoms with E-state index in [-0.39, 0.29) is 5.97 Å². The average Bonchev–Trinajstić information content (AvgIpc) is 2.18. The Balaban J connectivity index is 3.53. The van der Waals surface area contributed by atoms with E-state index in [2.05, 4.69) is 6.92 Å². The molecular weight excluding hydrogens is 192 g/mol. The van der Waals surface area contributed by atoms with Gasteiger partial charge in [-0.15, -0.1) is 0 Å². The van der Waals surface area contributed by atoms with E-state index in [0.717, 1.165) is 25.7 Å². The standard InChI is InChI=1S/C12H22O3/c1-3-5-7-9-11(13)15-12(14)10-8-6-4-2/h5,7,11,13H,3-4,6,8-10H2,1-2H3/b7-5-. The quantitative estimate of drug-likeness (QED) is 0.292. The van der Waals surface area contributed by atoms with Crippen molar-refractivity contribution in [3.05, 3.63) is 12.2 Å². The summed E-state index contributed by atoms with van der Waals surface area (Å²) in [6, 6.07) is 0. The van der Waals surface area contributed by atoms with Gasteiger partial charge in [-0.2, -0.15) is 0 Å². The van der Waals surface area contributed by atoms with Crippen molar-refractivity contribution in [2.75, 3.05) is 0 Å². The number of hydrogen-bond donors (Lipinski definition) is 1. The van der Waals surface area contributed by atoms with E-state index < -0.39 is 6.29 Å². The summed E-state index contributed by atoms with van der Waals surface area (Å²) < 4.78 is 4.81. The number of aliphatic hydroxyl groups is 1. The number of carbonyl (C=O) groups is 1. The van der Waals surface area contributed by atoms with Crippen molar-refractivity contribution < 1.29 is 14.6 Å². The van der Waals surface area contributed by atoms with Crippen LogP contribution in [0.15, 0.2) is 12.2 Å². The maximum absolute atomic E-state index is 11.2. The largest absolute Gasteiger partial charge is 0.436 e. The van der Waals surface area contributed by atoms with Crippen molar-refractivity contribution >= 4 is 5.97 Å². The first-order chi connectivity index (χ1) is 7.20. The van der Waals surface area contributed by atoms with Gasteiger partial charge in [-0.3, -0.25) is 4.79 Å². The highest BCUT2D eigenvalue weighted by Gasteiger charge is 2.08. The van der Waals surface area contributed by atoms with Crippen LogP contribution in [-0.4, -0.2) is 17.4 Å². The number of allylic oxidation sites excluding steroid dienone is 1. The molecule has 1 atom stereocenters. The van der Waals surface area contributed by atoms with Crippen molar-refractivity contribution in [2.24, 2.45) is 0 Å². The topological polar surface area (TPSA) is 46.5 Å². The lowest BCUT2D eigenvalue weighted by Gasteiger charge is -2.09. The van der Waals surface area contributed by atoms with E-state index >= 15 is 0 Å². The van der Waals surface area contributed by atoms with Gasteiger partial charge >= 0.3 is 5.97 Å². The van der Waals surface area contributed by atoms with Crippen LogP contribution in [0.3, 0.4) is 0 Å². The van der Waals surface area contributed by atoms with Crippen molar-refractivity contribution in [3.8, 4) is 0 Å². The second-order valence-corrected chi connectivity index (χ2v) is 3.52. The summed E-state index contributed by atoms with van der Waals surface area (Å²) in [7, 11) is 0. The summed E-state index contributed by atoms with van der Waals surface area (Å²) in [6.45, 7) is 4.09. The second kappa shape index (κ2) is 9.71. The molecule has 0 heterocycles. The molecule has 3 heteroatoms. The fourth-order valence-corrected chi connectivity index (χ4v) is 1.16. The highest BCUT2D eigenvalue weighted by atomic mass is 16.6. The molecule has 3 nitrogen and oxygen atoms in total. The van der Waals surface area contributed by atoms with Gasteiger partial charge in [0.1, 0.15) is 0 Å². The van der Waals surface area contributed by atoms with Crippen LogP contribution in [0.1, 0.15) is 52.4 Å². The number of esters is 1. The summed E-state index contributed by atoms with van der Waals surface area (Å²) in [5.74, 6) is -0.305. The molecule has 0 aliphatic rings. The molecule has 1 N–H and O–H groups in total. The van der Waals surface area contributed by atoms with Gasteiger partial charge in [-0.25, -0.2) is 0 Å². The van der Waals surface area contributed by atoms with E-state index in [9.17, 15) is 9.90 Å². The number of unbranched alkanes of at least 4 members (excludes halogenated alkanes) is 2. The minimum Gasteiger partial charge on any atom is -0.436 e. The molecule has 15 heavy (non-hydrogen) atoms. The lowest BCUT2D eigenvalue weighted by Crippen LogP contribution is -2.16. The maximum Gasteiger partial charge on any atom is 0.308 e. The van der Waals surface area contributed by atoms with E-state index in [1.54, 1.807) is 0 Å². The Hall–Kier alpha value is -0.830. The zero-order chi connectivity index (χ0) is 11.5. The molecule has 0 aliphatic heterocycles. The lowest BCUT2D eigenvalue weighted by atomic mass is 10.2. The molecule has 0 aromatic carbocycles. The molecule has 88 valence electrons. The molecule has 0 bridgehead atoms. The minimum absolute atomic E-state index is 0.305. The van der Waals surface area contributed by atoms with Gasteiger partial charge in [0.15, 0.2) is 0 Å². The molecule has 0 saturated carbocycles. The van der Waals surface area contributed by atoms with Crippen LogP contribution in [0.4, 0.5) is 0 Å². The average molecular weight is 214 g/mol. The van der Waals surface area contributed by atoms with Crippen LogP contribution in [0.25, 0.3) is 0 Å². The molecule has 0 saturated heterocycles. The third-order valence-electron chi connectivity index (χ3n) is 1.99.